The predicted octanol–water partition coefficient (Wildman–Crippen LogP) is 3.99. The lowest BCUT2D eigenvalue weighted by Gasteiger charge is -2.24. The van der Waals surface area contributed by atoms with Crippen molar-refractivity contribution >= 4 is 27.2 Å². The van der Waals surface area contributed by atoms with Crippen LogP contribution < -0.4 is 10.2 Å². The van der Waals surface area contributed by atoms with Crippen molar-refractivity contribution < 1.29 is 30.8 Å². The molecule has 6 nitrogen and oxygen atoms in total. The molecule has 31 heavy (non-hydrogen) atoms. The predicted molar refractivity (Wildman–Crippen MR) is 108 cm³/mol. The Balaban J connectivity index is 1.67. The van der Waals surface area contributed by atoms with E-state index in [-0.39, 0.29) is 29.4 Å². The van der Waals surface area contributed by atoms with Crippen molar-refractivity contribution in [3.8, 4) is 0 Å². The van der Waals surface area contributed by atoms with Crippen LogP contribution >= 0.6 is 0 Å². The van der Waals surface area contributed by atoms with Gasteiger partial charge in [0.05, 0.1) is 16.1 Å². The first-order chi connectivity index (χ1) is 14.4. The highest BCUT2D eigenvalue weighted by Gasteiger charge is 2.30. The Bertz CT molecular complexity index is 1070. The monoisotopic (exact) mass is 459 g/mol. The second kappa shape index (κ2) is 8.74. The molecule has 2 aromatic rings. The molecule has 2 aromatic carbocycles. The van der Waals surface area contributed by atoms with E-state index in [2.05, 4.69) is 5.32 Å². The Morgan fingerprint density at radius 3 is 2.42 bits per heavy atom. The number of rotatable bonds is 3. The molecule has 1 heterocycles. The Morgan fingerprint density at radius 1 is 1.03 bits per heavy atom. The maximum Gasteiger partial charge on any atom is 0.416 e. The normalized spacial score (nSPS) is 15.5. The third-order valence-electron chi connectivity index (χ3n) is 4.91. The zero-order valence-corrected chi connectivity index (χ0v) is 17.4. The second-order valence-electron chi connectivity index (χ2n) is 7.22. The number of urea groups is 1. The number of anilines is 2. The maximum absolute atomic E-state index is 14.5. The van der Waals surface area contributed by atoms with E-state index in [0.717, 1.165) is 24.5 Å². The van der Waals surface area contributed by atoms with Gasteiger partial charge in [0, 0.05) is 38.1 Å². The standard InChI is InChI=1S/C20H21F4N3O3S/c1-31(29,30)16-6-7-18(17(21)13-16)26-8-3-9-27(11-10-26)19(28)25-15-5-2-4-14(12-15)20(22,23)24/h2,4-7,12-13H,3,8-11H2,1H3,(H,25,28). The molecule has 0 aliphatic carbocycles. The molecule has 168 valence electrons. The Hall–Kier alpha value is -2.82. The van der Waals surface area contributed by atoms with Gasteiger partial charge in [0.15, 0.2) is 9.84 Å². The van der Waals surface area contributed by atoms with Gasteiger partial charge in [-0.15, -0.1) is 0 Å². The van der Waals surface area contributed by atoms with Crippen molar-refractivity contribution in [3.63, 3.8) is 0 Å². The van der Waals surface area contributed by atoms with Crippen molar-refractivity contribution in [3.05, 3.63) is 53.8 Å². The Labute approximate surface area is 177 Å². The summed E-state index contributed by atoms with van der Waals surface area (Å²) in [6, 6.07) is 7.51. The molecule has 0 spiro atoms. The molecule has 0 unspecified atom stereocenters. The van der Waals surface area contributed by atoms with Crippen LogP contribution in [0.1, 0.15) is 12.0 Å². The summed E-state index contributed by atoms with van der Waals surface area (Å²) in [7, 11) is -3.53. The second-order valence-corrected chi connectivity index (χ2v) is 9.24. The lowest BCUT2D eigenvalue weighted by Crippen LogP contribution is -2.38. The van der Waals surface area contributed by atoms with Gasteiger partial charge in [0.2, 0.25) is 0 Å². The van der Waals surface area contributed by atoms with Crippen LogP contribution in [0.5, 0.6) is 0 Å². The highest BCUT2D eigenvalue weighted by atomic mass is 32.2. The largest absolute Gasteiger partial charge is 0.416 e. The summed E-state index contributed by atoms with van der Waals surface area (Å²) in [4.78, 5) is 15.6. The first kappa shape index (κ1) is 22.9. The van der Waals surface area contributed by atoms with E-state index in [1.54, 1.807) is 4.90 Å². The van der Waals surface area contributed by atoms with Crippen LogP contribution in [-0.2, 0) is 16.0 Å². The summed E-state index contributed by atoms with van der Waals surface area (Å²) in [6.45, 7) is 1.27. The van der Waals surface area contributed by atoms with E-state index in [0.29, 0.717) is 19.5 Å². The van der Waals surface area contributed by atoms with Gasteiger partial charge in [-0.1, -0.05) is 6.07 Å². The quantitative estimate of drug-likeness (QED) is 0.705. The molecule has 1 aliphatic rings. The van der Waals surface area contributed by atoms with E-state index >= 15 is 0 Å². The van der Waals surface area contributed by atoms with E-state index in [9.17, 15) is 30.8 Å². The van der Waals surface area contributed by atoms with Crippen molar-refractivity contribution in [1.29, 1.82) is 0 Å². The molecule has 1 saturated heterocycles. The molecule has 3 rings (SSSR count). The van der Waals surface area contributed by atoms with Gasteiger partial charge in [0.25, 0.3) is 0 Å². The minimum atomic E-state index is -4.51. The lowest BCUT2D eigenvalue weighted by atomic mass is 10.2. The molecule has 1 aliphatic heterocycles. The third-order valence-corrected chi connectivity index (χ3v) is 6.02. The highest BCUT2D eigenvalue weighted by molar-refractivity contribution is 7.90. The minimum Gasteiger partial charge on any atom is -0.367 e. The van der Waals surface area contributed by atoms with E-state index in [4.69, 9.17) is 0 Å². The molecule has 0 bridgehead atoms. The van der Waals surface area contributed by atoms with Crippen molar-refractivity contribution in [2.24, 2.45) is 0 Å². The number of amides is 2. The molecule has 0 aromatic heterocycles. The van der Waals surface area contributed by atoms with Gasteiger partial charge in [-0.2, -0.15) is 13.2 Å². The molecular formula is C20H21F4N3O3S. The van der Waals surface area contributed by atoms with Crippen molar-refractivity contribution in [2.75, 3.05) is 42.7 Å². The molecule has 1 fully saturated rings. The number of hydrogen-bond acceptors (Lipinski definition) is 4. The average molecular weight is 459 g/mol. The molecule has 0 saturated carbocycles. The van der Waals surface area contributed by atoms with Gasteiger partial charge >= 0.3 is 12.2 Å². The van der Waals surface area contributed by atoms with Crippen LogP contribution in [0.3, 0.4) is 0 Å². The maximum atomic E-state index is 14.5. The summed E-state index contributed by atoms with van der Waals surface area (Å²) in [5, 5.41) is 2.47. The van der Waals surface area contributed by atoms with Gasteiger partial charge in [-0.3, -0.25) is 0 Å². The molecule has 0 radical (unpaired) electrons. The first-order valence-electron chi connectivity index (χ1n) is 9.43. The summed E-state index contributed by atoms with van der Waals surface area (Å²) in [6.07, 6.45) is -3.02. The number of carbonyl (C=O) groups is 1. The van der Waals surface area contributed by atoms with Crippen LogP contribution in [0.15, 0.2) is 47.4 Å². The minimum absolute atomic E-state index is 0.0309. The number of nitrogens with one attached hydrogen (secondary N) is 1. The van der Waals surface area contributed by atoms with Crippen LogP contribution in [-0.4, -0.2) is 51.8 Å². The zero-order valence-electron chi connectivity index (χ0n) is 16.6. The van der Waals surface area contributed by atoms with Crippen LogP contribution in [0.2, 0.25) is 0 Å². The topological polar surface area (TPSA) is 69.7 Å². The fraction of sp³-hybridized carbons (Fsp3) is 0.350. The van der Waals surface area contributed by atoms with Crippen LogP contribution in [0.4, 0.5) is 33.7 Å². The average Bonchev–Trinajstić information content (AvgIpc) is 2.93. The molecule has 0 atom stereocenters. The number of sulfone groups is 1. The SMILES string of the molecule is CS(=O)(=O)c1ccc(N2CCCN(C(=O)Nc3cccc(C(F)(F)F)c3)CC2)c(F)c1. The number of nitrogens with zero attached hydrogens (tertiary/aromatic N) is 2. The van der Waals surface area contributed by atoms with Gasteiger partial charge in [0.1, 0.15) is 5.82 Å². The van der Waals surface area contributed by atoms with Crippen LogP contribution in [0, 0.1) is 5.82 Å². The fourth-order valence-electron chi connectivity index (χ4n) is 3.31. The van der Waals surface area contributed by atoms with Gasteiger partial charge in [-0.25, -0.2) is 17.6 Å². The first-order valence-corrected chi connectivity index (χ1v) is 11.3. The van der Waals surface area contributed by atoms with Crippen molar-refractivity contribution in [1.82, 2.24) is 4.90 Å². The Morgan fingerprint density at radius 2 is 1.77 bits per heavy atom. The number of alkyl halides is 3. The van der Waals surface area contributed by atoms with Crippen molar-refractivity contribution in [2.45, 2.75) is 17.5 Å². The van der Waals surface area contributed by atoms with E-state index in [1.165, 1.54) is 29.2 Å². The molecule has 11 heteroatoms. The lowest BCUT2D eigenvalue weighted by molar-refractivity contribution is -0.137. The Kier molecular flexibility index (Phi) is 6.44. The highest BCUT2D eigenvalue weighted by Crippen LogP contribution is 2.31. The summed E-state index contributed by atoms with van der Waals surface area (Å²) < 4.78 is 76.2. The summed E-state index contributed by atoms with van der Waals surface area (Å²) in [5.74, 6) is -0.676. The molecule has 1 N–H and O–H groups in total. The molecule has 2 amide bonds. The number of halogens is 4. The zero-order chi connectivity index (χ0) is 22.8. The smallest absolute Gasteiger partial charge is 0.367 e. The number of benzene rings is 2. The van der Waals surface area contributed by atoms with Gasteiger partial charge < -0.3 is 15.1 Å². The van der Waals surface area contributed by atoms with Crippen LogP contribution in [0.25, 0.3) is 0 Å². The number of hydrogen-bond donors (Lipinski definition) is 1. The van der Waals surface area contributed by atoms with Gasteiger partial charge in [-0.05, 0) is 42.8 Å². The summed E-state index contributed by atoms with van der Waals surface area (Å²) in [5.41, 5.74) is -0.601. The van der Waals surface area contributed by atoms with E-state index < -0.39 is 33.4 Å². The molecular weight excluding hydrogens is 438 g/mol. The van der Waals surface area contributed by atoms with E-state index in [1.807, 2.05) is 0 Å². The fourth-order valence-corrected chi connectivity index (χ4v) is 3.94. The summed E-state index contributed by atoms with van der Waals surface area (Å²) >= 11 is 0. The number of carbonyl (C=O) groups excluding carboxylic acids is 1. The third kappa shape index (κ3) is 5.66.